The molecule has 3 aliphatic heterocycles. The zero-order valence-electron chi connectivity index (χ0n) is 38.7. The van der Waals surface area contributed by atoms with Crippen LogP contribution in [0.2, 0.25) is 0 Å². The van der Waals surface area contributed by atoms with Crippen LogP contribution in [0.1, 0.15) is 85.5 Å². The number of ether oxygens (including phenoxy) is 9. The number of fused-ring (bicyclic) bond motifs is 4. The van der Waals surface area contributed by atoms with Crippen LogP contribution in [-0.2, 0) is 33.3 Å². The molecule has 0 aliphatic carbocycles. The third-order valence-corrected chi connectivity index (χ3v) is 12.8. The number of hydrogen-bond donors (Lipinski definition) is 3. The summed E-state index contributed by atoms with van der Waals surface area (Å²) in [4.78, 5) is 28.4. The van der Waals surface area contributed by atoms with E-state index in [9.17, 15) is 24.9 Å². The fourth-order valence-electron chi connectivity index (χ4n) is 9.09. The Balaban J connectivity index is 1.62. The molecule has 2 aromatic rings. The van der Waals surface area contributed by atoms with Crippen LogP contribution in [0.15, 0.2) is 71.8 Å². The zero-order valence-corrected chi connectivity index (χ0v) is 38.7. The number of cyclic esters (lactones) is 1. The number of carbonyl (C=O) groups is 2. The lowest BCUT2D eigenvalue weighted by atomic mass is 9.79. The highest BCUT2D eigenvalue weighted by atomic mass is 16.7. The first-order valence-corrected chi connectivity index (χ1v) is 21.8. The molecule has 63 heavy (non-hydrogen) atoms. The van der Waals surface area contributed by atoms with Crippen molar-refractivity contribution in [2.75, 3.05) is 35.0 Å². The molecule has 0 radical (unpaired) electrons. The molecule has 3 heterocycles. The summed E-state index contributed by atoms with van der Waals surface area (Å²) in [6, 6.07) is 10.3. The highest BCUT2D eigenvalue weighted by molar-refractivity contribution is 5.83. The van der Waals surface area contributed by atoms with Crippen LogP contribution < -0.4 is 18.9 Å². The average Bonchev–Trinajstić information content (AvgIpc) is 3.28. The first kappa shape index (κ1) is 49.7. The van der Waals surface area contributed by atoms with Gasteiger partial charge in [-0.3, -0.25) is 4.79 Å². The number of benzene rings is 2. The predicted octanol–water partition coefficient (Wildman–Crippen LogP) is 6.85. The summed E-state index contributed by atoms with van der Waals surface area (Å²) in [5.74, 6) is -2.61. The minimum atomic E-state index is -1.81. The minimum absolute atomic E-state index is 0.0231. The van der Waals surface area contributed by atoms with E-state index < -0.39 is 90.9 Å². The van der Waals surface area contributed by atoms with Gasteiger partial charge in [-0.2, -0.15) is 0 Å². The molecule has 0 saturated carbocycles. The van der Waals surface area contributed by atoms with E-state index in [1.165, 1.54) is 28.4 Å². The van der Waals surface area contributed by atoms with Crippen molar-refractivity contribution in [3.8, 4) is 23.0 Å². The number of rotatable bonds is 10. The van der Waals surface area contributed by atoms with Gasteiger partial charge in [0.15, 0.2) is 41.7 Å². The molecule has 2 saturated heterocycles. The van der Waals surface area contributed by atoms with Gasteiger partial charge >= 0.3 is 5.97 Å². The first-order valence-electron chi connectivity index (χ1n) is 21.8. The summed E-state index contributed by atoms with van der Waals surface area (Å²) >= 11 is 0. The summed E-state index contributed by atoms with van der Waals surface area (Å²) in [6.45, 7) is 14.4. The van der Waals surface area contributed by atoms with Gasteiger partial charge in [-0.1, -0.05) is 71.1 Å². The second-order valence-electron chi connectivity index (χ2n) is 17.2. The van der Waals surface area contributed by atoms with E-state index in [0.717, 1.165) is 0 Å². The van der Waals surface area contributed by atoms with E-state index in [2.05, 4.69) is 0 Å². The van der Waals surface area contributed by atoms with Gasteiger partial charge in [0.1, 0.15) is 11.9 Å². The van der Waals surface area contributed by atoms with Crippen molar-refractivity contribution in [1.82, 2.24) is 0 Å². The highest BCUT2D eigenvalue weighted by Gasteiger charge is 2.49. The van der Waals surface area contributed by atoms with E-state index in [1.54, 1.807) is 63.2 Å². The Morgan fingerprint density at radius 2 is 1.29 bits per heavy atom. The van der Waals surface area contributed by atoms with E-state index in [4.69, 9.17) is 42.6 Å². The van der Waals surface area contributed by atoms with Gasteiger partial charge < -0.3 is 58.0 Å². The molecule has 348 valence electrons. The second-order valence-corrected chi connectivity index (χ2v) is 17.2. The van der Waals surface area contributed by atoms with Gasteiger partial charge in [-0.05, 0) is 62.1 Å². The van der Waals surface area contributed by atoms with E-state index in [0.29, 0.717) is 45.3 Å². The monoisotopic (exact) mass is 880 g/mol. The number of ketones is 1. The van der Waals surface area contributed by atoms with Crippen LogP contribution in [0.3, 0.4) is 0 Å². The Hall–Kier alpha value is -4.28. The van der Waals surface area contributed by atoms with Crippen LogP contribution in [-0.4, -0.2) is 105 Å². The lowest BCUT2D eigenvalue weighted by molar-refractivity contribution is -0.300. The molecule has 0 amide bonds. The summed E-state index contributed by atoms with van der Waals surface area (Å²) < 4.78 is 54.4. The lowest BCUT2D eigenvalue weighted by Gasteiger charge is -2.46. The Bertz CT molecular complexity index is 1960. The van der Waals surface area contributed by atoms with Crippen molar-refractivity contribution in [2.24, 2.45) is 35.5 Å². The van der Waals surface area contributed by atoms with Crippen LogP contribution in [0.25, 0.3) is 0 Å². The van der Waals surface area contributed by atoms with Crippen LogP contribution >= 0.6 is 0 Å². The third kappa shape index (κ3) is 11.3. The van der Waals surface area contributed by atoms with Crippen molar-refractivity contribution < 1.29 is 67.5 Å². The third-order valence-electron chi connectivity index (χ3n) is 12.8. The van der Waals surface area contributed by atoms with Gasteiger partial charge in [-0.15, -0.1) is 0 Å². The molecule has 0 aromatic heterocycles. The zero-order chi connectivity index (χ0) is 46.3. The molecule has 2 aromatic carbocycles. The smallest absolute Gasteiger partial charge is 0.337 e. The molecule has 3 N–H and O–H groups in total. The maximum absolute atomic E-state index is 14.2. The average molecular weight is 881 g/mol. The Kier molecular flexibility index (Phi) is 17.4. The number of esters is 1. The number of carbonyl (C=O) groups excluding carboxylic acids is 2. The molecule has 0 spiro atoms. The number of allylic oxidation sites excluding steroid dienone is 4. The fourth-order valence-corrected chi connectivity index (χ4v) is 9.09. The van der Waals surface area contributed by atoms with E-state index in [-0.39, 0.29) is 24.7 Å². The second kappa shape index (κ2) is 22.1. The maximum atomic E-state index is 14.2. The summed E-state index contributed by atoms with van der Waals surface area (Å²) in [5.41, 5.74) is 2.26. The van der Waals surface area contributed by atoms with Gasteiger partial charge in [0.05, 0.1) is 65.6 Å². The van der Waals surface area contributed by atoms with Crippen molar-refractivity contribution in [2.45, 2.75) is 117 Å². The standard InChI is InChI=1S/C49H68O14/c1-13-14-25(2)19-27(4)42(52)34-24-59-47(54)43(53)46-31(8)44(61-49(63-46)33-16-18-37(56-10)40(22-33)58-12)30(7)41(51)28(5)20-26(3)35(50)23-38-29(6)45(34)62-48(60-38)32-15-17-36(55-9)39(21-32)57-11/h13-22,25-26,29-31,34,38,41-46,48-49,51-53H,23-24H2,1-12H3/b14-13-,27-19+,28-20-/t25-,26-,29+,30+,31+,34+,38-,41-,42-,43+,44?,45-,46-,48?,49?/m0/s1. The van der Waals surface area contributed by atoms with Crippen molar-refractivity contribution in [3.05, 3.63) is 83.0 Å². The largest absolute Gasteiger partial charge is 0.493 e. The van der Waals surface area contributed by atoms with E-state index >= 15 is 0 Å². The number of aliphatic hydroxyl groups excluding tert-OH is 3. The Labute approximate surface area is 372 Å². The van der Waals surface area contributed by atoms with Crippen molar-refractivity contribution >= 4 is 11.8 Å². The van der Waals surface area contributed by atoms with Crippen LogP contribution in [0, 0.1) is 35.5 Å². The Morgan fingerprint density at radius 1 is 0.746 bits per heavy atom. The molecule has 15 atom stereocenters. The fraction of sp³-hybridized carbons (Fsp3) is 0.592. The highest BCUT2D eigenvalue weighted by Crippen LogP contribution is 2.44. The Morgan fingerprint density at radius 3 is 1.84 bits per heavy atom. The molecule has 4 bridgehead atoms. The van der Waals surface area contributed by atoms with Crippen LogP contribution in [0.5, 0.6) is 23.0 Å². The molecule has 3 aliphatic rings. The number of hydrogen-bond acceptors (Lipinski definition) is 14. The van der Waals surface area contributed by atoms with Gasteiger partial charge in [-0.25, -0.2) is 4.79 Å². The van der Waals surface area contributed by atoms with Gasteiger partial charge in [0.25, 0.3) is 0 Å². The molecule has 2 fully saturated rings. The predicted molar refractivity (Wildman–Crippen MR) is 234 cm³/mol. The van der Waals surface area contributed by atoms with E-state index in [1.807, 2.05) is 52.8 Å². The molecule has 5 rings (SSSR count). The van der Waals surface area contributed by atoms with Crippen molar-refractivity contribution in [3.63, 3.8) is 0 Å². The molecular weight excluding hydrogens is 813 g/mol. The summed E-state index contributed by atoms with van der Waals surface area (Å²) in [7, 11) is 6.08. The maximum Gasteiger partial charge on any atom is 0.337 e. The van der Waals surface area contributed by atoms with Gasteiger partial charge in [0.2, 0.25) is 0 Å². The molecular formula is C49H68O14. The SMILES string of the molecule is C/C=C\[C@H](C)/C=C(\C)[C@H](O)[C@H]1COC(=O)[C@H](O)[C@H]2OC(c3ccc(OC)c(OC)c3)OC([C@H]2C)[C@H](C)[C@@H](O)/C(C)=C\[C@H](C)C(=O)C[C@@H]2OC(c3ccc(OC)c(OC)c3)O[C@H]1[C@@H]2C. The lowest BCUT2D eigenvalue weighted by Crippen LogP contribution is -2.54. The quantitative estimate of drug-likeness (QED) is 0.167. The van der Waals surface area contributed by atoms with Crippen molar-refractivity contribution in [1.29, 1.82) is 0 Å². The normalized spacial score (nSPS) is 34.4. The van der Waals surface area contributed by atoms with Gasteiger partial charge in [0, 0.05) is 47.1 Å². The minimum Gasteiger partial charge on any atom is -0.493 e. The first-order chi connectivity index (χ1) is 30.0. The molecule has 14 heteroatoms. The molecule has 14 nitrogen and oxygen atoms in total. The van der Waals surface area contributed by atoms with Crippen LogP contribution in [0.4, 0.5) is 0 Å². The summed E-state index contributed by atoms with van der Waals surface area (Å²) in [6.07, 6.45) is -2.12. The number of methoxy groups -OCH3 is 4. The summed E-state index contributed by atoms with van der Waals surface area (Å²) in [5, 5.41) is 36.0. The number of Topliss-reactive ketones (excluding diaryl/α,β-unsaturated/α-hetero) is 1. The molecule has 3 unspecified atom stereocenters. The number of aliphatic hydroxyl groups is 3. The topological polar surface area (TPSA) is 178 Å².